The summed E-state index contributed by atoms with van der Waals surface area (Å²) in [6, 6.07) is 4.23. The highest BCUT2D eigenvalue weighted by atomic mass is 19.1. The Bertz CT molecular complexity index is 511. The summed E-state index contributed by atoms with van der Waals surface area (Å²) in [6.45, 7) is 2.15. The molecular formula is C16H19FO2. The lowest BCUT2D eigenvalue weighted by Crippen LogP contribution is -2.50. The Hall–Kier alpha value is -1.38. The highest BCUT2D eigenvalue weighted by Gasteiger charge is 2.47. The summed E-state index contributed by atoms with van der Waals surface area (Å²) in [5, 5.41) is 0. The van der Waals surface area contributed by atoms with Crippen LogP contribution in [0, 0.1) is 11.7 Å². The summed E-state index contributed by atoms with van der Waals surface area (Å²) < 4.78 is 19.5. The number of halogens is 1. The van der Waals surface area contributed by atoms with Crippen molar-refractivity contribution in [3.63, 3.8) is 0 Å². The molecule has 0 N–H and O–H groups in total. The molecule has 0 bridgehead atoms. The molecule has 1 aromatic carbocycles. The Morgan fingerprint density at radius 3 is 3.05 bits per heavy atom. The van der Waals surface area contributed by atoms with Crippen LogP contribution in [0.2, 0.25) is 0 Å². The number of hydrogen-bond donors (Lipinski definition) is 0. The quantitative estimate of drug-likeness (QED) is 0.760. The summed E-state index contributed by atoms with van der Waals surface area (Å²) in [4.78, 5) is 12.3. The maximum atomic E-state index is 13.4. The lowest BCUT2D eigenvalue weighted by molar-refractivity contribution is -0.0341. The second-order valence-electron chi connectivity index (χ2n) is 5.76. The molecule has 0 saturated heterocycles. The lowest BCUT2D eigenvalue weighted by atomic mass is 9.70. The zero-order valence-electron chi connectivity index (χ0n) is 11.2. The third-order valence-corrected chi connectivity index (χ3v) is 4.66. The van der Waals surface area contributed by atoms with Crippen LogP contribution in [0.15, 0.2) is 18.2 Å². The van der Waals surface area contributed by atoms with Gasteiger partial charge in [-0.2, -0.15) is 0 Å². The zero-order chi connectivity index (χ0) is 13.5. The molecule has 2 atom stereocenters. The molecule has 1 aliphatic carbocycles. The standard InChI is InChI=1S/C16H19FO2/c1-2-11-5-3-4-8-16(11)10-14(18)13-7-6-12(17)9-15(13)19-16/h6-7,9,11H,2-5,8,10H2,1H3. The van der Waals surface area contributed by atoms with E-state index in [1.54, 1.807) is 6.07 Å². The van der Waals surface area contributed by atoms with Crippen LogP contribution in [0.25, 0.3) is 0 Å². The van der Waals surface area contributed by atoms with Gasteiger partial charge in [-0.05, 0) is 43.7 Å². The van der Waals surface area contributed by atoms with Crippen molar-refractivity contribution < 1.29 is 13.9 Å². The van der Waals surface area contributed by atoms with Crippen LogP contribution in [0.3, 0.4) is 0 Å². The van der Waals surface area contributed by atoms with E-state index in [0.717, 1.165) is 25.7 Å². The van der Waals surface area contributed by atoms with Crippen LogP contribution in [0.4, 0.5) is 4.39 Å². The topological polar surface area (TPSA) is 26.3 Å². The summed E-state index contributed by atoms with van der Waals surface area (Å²) in [5.41, 5.74) is 0.151. The molecule has 1 saturated carbocycles. The fourth-order valence-corrected chi connectivity index (χ4v) is 3.66. The van der Waals surface area contributed by atoms with Crippen molar-refractivity contribution in [3.8, 4) is 5.75 Å². The van der Waals surface area contributed by atoms with Crippen LogP contribution < -0.4 is 4.74 Å². The third-order valence-electron chi connectivity index (χ3n) is 4.66. The number of fused-ring (bicyclic) bond motifs is 1. The molecule has 0 radical (unpaired) electrons. The molecule has 2 aliphatic rings. The van der Waals surface area contributed by atoms with Crippen molar-refractivity contribution in [3.05, 3.63) is 29.6 Å². The Morgan fingerprint density at radius 2 is 2.26 bits per heavy atom. The lowest BCUT2D eigenvalue weighted by Gasteiger charge is -2.46. The van der Waals surface area contributed by atoms with Crippen LogP contribution >= 0.6 is 0 Å². The maximum Gasteiger partial charge on any atom is 0.170 e. The number of hydrogen-bond acceptors (Lipinski definition) is 2. The minimum Gasteiger partial charge on any atom is -0.486 e. The molecule has 0 amide bonds. The monoisotopic (exact) mass is 262 g/mol. The van der Waals surface area contributed by atoms with E-state index in [1.807, 2.05) is 0 Å². The smallest absolute Gasteiger partial charge is 0.170 e. The van der Waals surface area contributed by atoms with Gasteiger partial charge in [0.2, 0.25) is 0 Å². The van der Waals surface area contributed by atoms with Crippen molar-refractivity contribution in [2.45, 2.75) is 51.0 Å². The second kappa shape index (κ2) is 4.62. The summed E-state index contributed by atoms with van der Waals surface area (Å²) in [5.74, 6) is 0.604. The molecule has 1 heterocycles. The predicted octanol–water partition coefficient (Wildman–Crippen LogP) is 4.13. The molecule has 3 heteroatoms. The van der Waals surface area contributed by atoms with Gasteiger partial charge < -0.3 is 4.74 Å². The predicted molar refractivity (Wildman–Crippen MR) is 71.0 cm³/mol. The number of benzene rings is 1. The third kappa shape index (κ3) is 2.05. The minimum atomic E-state index is -0.384. The number of Topliss-reactive ketones (excluding diaryl/α,β-unsaturated/α-hetero) is 1. The van der Waals surface area contributed by atoms with Crippen LogP contribution in [0.1, 0.15) is 55.8 Å². The molecule has 19 heavy (non-hydrogen) atoms. The van der Waals surface area contributed by atoms with E-state index >= 15 is 0 Å². The summed E-state index contributed by atoms with van der Waals surface area (Å²) in [6.07, 6.45) is 5.77. The zero-order valence-corrected chi connectivity index (χ0v) is 11.2. The van der Waals surface area contributed by atoms with Gasteiger partial charge in [-0.25, -0.2) is 4.39 Å². The summed E-state index contributed by atoms with van der Waals surface area (Å²) >= 11 is 0. The van der Waals surface area contributed by atoms with Crippen LogP contribution in [0.5, 0.6) is 5.75 Å². The second-order valence-corrected chi connectivity index (χ2v) is 5.76. The highest BCUT2D eigenvalue weighted by molar-refractivity contribution is 6.00. The Morgan fingerprint density at radius 1 is 1.42 bits per heavy atom. The number of ether oxygens (including phenoxy) is 1. The van der Waals surface area contributed by atoms with Gasteiger partial charge in [-0.15, -0.1) is 0 Å². The molecule has 2 nitrogen and oxygen atoms in total. The van der Waals surface area contributed by atoms with E-state index in [-0.39, 0.29) is 17.2 Å². The van der Waals surface area contributed by atoms with Crippen LogP contribution in [-0.2, 0) is 0 Å². The first-order chi connectivity index (χ1) is 9.14. The molecular weight excluding hydrogens is 243 g/mol. The van der Waals surface area contributed by atoms with Crippen LogP contribution in [-0.4, -0.2) is 11.4 Å². The maximum absolute atomic E-state index is 13.4. The molecule has 1 spiro atoms. The minimum absolute atomic E-state index is 0.0987. The van der Waals surface area contributed by atoms with Crippen molar-refractivity contribution >= 4 is 5.78 Å². The molecule has 2 unspecified atom stereocenters. The molecule has 102 valence electrons. The fraction of sp³-hybridized carbons (Fsp3) is 0.562. The first-order valence-corrected chi connectivity index (χ1v) is 7.16. The number of ketones is 1. The molecule has 1 fully saturated rings. The van der Waals surface area contributed by atoms with Gasteiger partial charge in [0.1, 0.15) is 17.2 Å². The largest absolute Gasteiger partial charge is 0.486 e. The molecule has 0 aromatic heterocycles. The number of carbonyl (C=O) groups is 1. The van der Waals surface area contributed by atoms with Gasteiger partial charge >= 0.3 is 0 Å². The molecule has 1 aromatic rings. The Balaban J connectivity index is 2.01. The van der Waals surface area contributed by atoms with Gasteiger partial charge in [-0.1, -0.05) is 13.3 Å². The highest BCUT2D eigenvalue weighted by Crippen LogP contribution is 2.46. The van der Waals surface area contributed by atoms with Gasteiger partial charge in [0, 0.05) is 6.07 Å². The number of carbonyl (C=O) groups excluding carboxylic acids is 1. The van der Waals surface area contributed by atoms with Gasteiger partial charge in [-0.3, -0.25) is 4.79 Å². The SMILES string of the molecule is CCC1CCCCC12CC(=O)c1ccc(F)cc1O2. The first kappa shape index (κ1) is 12.6. The van der Waals surface area contributed by atoms with E-state index in [0.29, 0.717) is 23.7 Å². The van der Waals surface area contributed by atoms with Crippen molar-refractivity contribution in [2.24, 2.45) is 5.92 Å². The Kier molecular flexibility index (Phi) is 3.08. The summed E-state index contributed by atoms with van der Waals surface area (Å²) in [7, 11) is 0. The molecule has 1 aliphatic heterocycles. The van der Waals surface area contributed by atoms with E-state index in [4.69, 9.17) is 4.74 Å². The first-order valence-electron chi connectivity index (χ1n) is 7.16. The van der Waals surface area contributed by atoms with Crippen molar-refractivity contribution in [1.82, 2.24) is 0 Å². The van der Waals surface area contributed by atoms with E-state index in [9.17, 15) is 9.18 Å². The number of rotatable bonds is 1. The van der Waals surface area contributed by atoms with Gasteiger partial charge in [0.05, 0.1) is 12.0 Å². The van der Waals surface area contributed by atoms with E-state index in [1.165, 1.54) is 18.6 Å². The fourth-order valence-electron chi connectivity index (χ4n) is 3.66. The van der Waals surface area contributed by atoms with Gasteiger partial charge in [0.25, 0.3) is 0 Å². The average molecular weight is 262 g/mol. The van der Waals surface area contributed by atoms with Crippen molar-refractivity contribution in [1.29, 1.82) is 0 Å². The Labute approximate surface area is 113 Å². The van der Waals surface area contributed by atoms with Crippen molar-refractivity contribution in [2.75, 3.05) is 0 Å². The average Bonchev–Trinajstić information content (AvgIpc) is 2.38. The van der Waals surface area contributed by atoms with E-state index < -0.39 is 0 Å². The normalized spacial score (nSPS) is 30.0. The molecule has 3 rings (SSSR count). The van der Waals surface area contributed by atoms with E-state index in [2.05, 4.69) is 6.92 Å². The van der Waals surface area contributed by atoms with Gasteiger partial charge in [0.15, 0.2) is 5.78 Å².